The molecule has 0 aliphatic heterocycles. The SMILES string of the molecule is CC1CC(OCC(C)(O)CN)CC(C)(C)C1. The summed E-state index contributed by atoms with van der Waals surface area (Å²) in [6.45, 7) is 9.18. The lowest BCUT2D eigenvalue weighted by atomic mass is 9.71. The van der Waals surface area contributed by atoms with E-state index >= 15 is 0 Å². The van der Waals surface area contributed by atoms with E-state index in [-0.39, 0.29) is 12.6 Å². The first-order valence-corrected chi connectivity index (χ1v) is 6.28. The van der Waals surface area contributed by atoms with Gasteiger partial charge in [0.15, 0.2) is 0 Å². The molecule has 0 spiro atoms. The normalized spacial score (nSPS) is 33.4. The molecular formula is C13H27NO2. The van der Waals surface area contributed by atoms with Crippen LogP contribution in [0.5, 0.6) is 0 Å². The zero-order valence-electron chi connectivity index (χ0n) is 11.1. The zero-order chi connectivity index (χ0) is 12.4. The number of hydrogen-bond acceptors (Lipinski definition) is 3. The van der Waals surface area contributed by atoms with Crippen molar-refractivity contribution in [3.63, 3.8) is 0 Å². The lowest BCUT2D eigenvalue weighted by molar-refractivity contribution is -0.0871. The zero-order valence-corrected chi connectivity index (χ0v) is 11.1. The second-order valence-corrected chi connectivity index (χ2v) is 6.55. The van der Waals surface area contributed by atoms with Gasteiger partial charge < -0.3 is 15.6 Å². The minimum atomic E-state index is -0.884. The third-order valence-electron chi connectivity index (χ3n) is 3.42. The fourth-order valence-electron chi connectivity index (χ4n) is 2.74. The lowest BCUT2D eigenvalue weighted by Crippen LogP contribution is -2.42. The molecule has 0 heterocycles. The van der Waals surface area contributed by atoms with Crippen molar-refractivity contribution < 1.29 is 9.84 Å². The van der Waals surface area contributed by atoms with Crippen LogP contribution in [0.15, 0.2) is 0 Å². The first-order valence-electron chi connectivity index (χ1n) is 6.28. The van der Waals surface area contributed by atoms with E-state index in [1.54, 1.807) is 6.92 Å². The lowest BCUT2D eigenvalue weighted by Gasteiger charge is -2.39. The highest BCUT2D eigenvalue weighted by atomic mass is 16.5. The molecule has 3 N–H and O–H groups in total. The van der Waals surface area contributed by atoms with Crippen molar-refractivity contribution in [2.24, 2.45) is 17.1 Å². The van der Waals surface area contributed by atoms with Gasteiger partial charge in [0.2, 0.25) is 0 Å². The summed E-state index contributed by atoms with van der Waals surface area (Å²) in [5, 5.41) is 9.80. The third-order valence-corrected chi connectivity index (χ3v) is 3.42. The van der Waals surface area contributed by atoms with Gasteiger partial charge in [-0.1, -0.05) is 20.8 Å². The molecule has 3 unspecified atom stereocenters. The van der Waals surface area contributed by atoms with Gasteiger partial charge in [-0.05, 0) is 37.5 Å². The summed E-state index contributed by atoms with van der Waals surface area (Å²) in [5.41, 5.74) is 4.95. The van der Waals surface area contributed by atoms with Gasteiger partial charge >= 0.3 is 0 Å². The van der Waals surface area contributed by atoms with Crippen LogP contribution in [0.3, 0.4) is 0 Å². The van der Waals surface area contributed by atoms with Gasteiger partial charge in [0, 0.05) is 6.54 Å². The van der Waals surface area contributed by atoms with E-state index in [1.807, 2.05) is 0 Å². The van der Waals surface area contributed by atoms with Crippen LogP contribution in [0.1, 0.15) is 47.0 Å². The number of aliphatic hydroxyl groups is 1. The highest BCUT2D eigenvalue weighted by Crippen LogP contribution is 2.39. The number of nitrogens with two attached hydrogens (primary N) is 1. The maximum absolute atomic E-state index is 9.80. The maximum Gasteiger partial charge on any atom is 0.0973 e. The molecule has 1 saturated carbocycles. The largest absolute Gasteiger partial charge is 0.386 e. The summed E-state index contributed by atoms with van der Waals surface area (Å²) < 4.78 is 5.81. The molecule has 16 heavy (non-hydrogen) atoms. The molecule has 96 valence electrons. The molecule has 1 fully saturated rings. The van der Waals surface area contributed by atoms with Gasteiger partial charge in [-0.2, -0.15) is 0 Å². The molecule has 0 aromatic carbocycles. The Hall–Kier alpha value is -0.120. The van der Waals surface area contributed by atoms with Crippen LogP contribution in [0.25, 0.3) is 0 Å². The van der Waals surface area contributed by atoms with Gasteiger partial charge in [0.25, 0.3) is 0 Å². The predicted octanol–water partition coefficient (Wildman–Crippen LogP) is 1.93. The second-order valence-electron chi connectivity index (χ2n) is 6.55. The van der Waals surface area contributed by atoms with Gasteiger partial charge in [-0.3, -0.25) is 0 Å². The Morgan fingerprint density at radius 1 is 1.44 bits per heavy atom. The Morgan fingerprint density at radius 2 is 2.06 bits per heavy atom. The summed E-state index contributed by atoms with van der Waals surface area (Å²) in [4.78, 5) is 0. The molecule has 3 heteroatoms. The topological polar surface area (TPSA) is 55.5 Å². The van der Waals surface area contributed by atoms with E-state index in [1.165, 1.54) is 6.42 Å². The highest BCUT2D eigenvalue weighted by Gasteiger charge is 2.33. The van der Waals surface area contributed by atoms with Gasteiger partial charge in [-0.15, -0.1) is 0 Å². The molecule has 1 rings (SSSR count). The minimum Gasteiger partial charge on any atom is -0.386 e. The Kier molecular flexibility index (Phi) is 4.38. The Labute approximate surface area is 99.4 Å². The summed E-state index contributed by atoms with van der Waals surface area (Å²) in [5.74, 6) is 0.705. The van der Waals surface area contributed by atoms with Crippen LogP contribution < -0.4 is 5.73 Å². The minimum absolute atomic E-state index is 0.249. The fourth-order valence-corrected chi connectivity index (χ4v) is 2.74. The second kappa shape index (κ2) is 5.03. The number of hydrogen-bond donors (Lipinski definition) is 2. The van der Waals surface area contributed by atoms with Crippen LogP contribution in [-0.2, 0) is 4.74 Å². The summed E-state index contributed by atoms with van der Waals surface area (Å²) in [7, 11) is 0. The van der Waals surface area contributed by atoms with Gasteiger partial charge in [0.05, 0.1) is 18.3 Å². The summed E-state index contributed by atoms with van der Waals surface area (Å²) >= 11 is 0. The molecule has 0 amide bonds. The van der Waals surface area contributed by atoms with Crippen molar-refractivity contribution in [2.45, 2.75) is 58.7 Å². The van der Waals surface area contributed by atoms with Crippen LogP contribution >= 0.6 is 0 Å². The highest BCUT2D eigenvalue weighted by molar-refractivity contribution is 4.84. The third kappa shape index (κ3) is 4.40. The molecule has 1 aliphatic rings. The Balaban J connectivity index is 2.43. The molecule has 3 atom stereocenters. The first kappa shape index (κ1) is 13.9. The van der Waals surface area contributed by atoms with Crippen LogP contribution in [-0.4, -0.2) is 30.0 Å². The van der Waals surface area contributed by atoms with Crippen LogP contribution in [0.2, 0.25) is 0 Å². The van der Waals surface area contributed by atoms with E-state index in [0.717, 1.165) is 12.8 Å². The standard InChI is InChI=1S/C13H27NO2/c1-10-5-11(7-12(2,3)6-10)16-9-13(4,15)8-14/h10-11,15H,5-9,14H2,1-4H3. The average molecular weight is 229 g/mol. The van der Waals surface area contributed by atoms with Crippen molar-refractivity contribution in [1.29, 1.82) is 0 Å². The quantitative estimate of drug-likeness (QED) is 0.774. The predicted molar refractivity (Wildman–Crippen MR) is 66.2 cm³/mol. The van der Waals surface area contributed by atoms with Crippen molar-refractivity contribution >= 4 is 0 Å². The monoisotopic (exact) mass is 229 g/mol. The fraction of sp³-hybridized carbons (Fsp3) is 1.00. The van der Waals surface area contributed by atoms with Crippen LogP contribution in [0.4, 0.5) is 0 Å². The molecule has 0 bridgehead atoms. The molecular weight excluding hydrogens is 202 g/mol. The molecule has 0 aromatic rings. The number of ether oxygens (including phenoxy) is 1. The van der Waals surface area contributed by atoms with Crippen molar-refractivity contribution in [3.05, 3.63) is 0 Å². The smallest absolute Gasteiger partial charge is 0.0973 e. The average Bonchev–Trinajstić information content (AvgIpc) is 2.12. The molecule has 0 radical (unpaired) electrons. The summed E-state index contributed by atoms with van der Waals surface area (Å²) in [6.07, 6.45) is 3.72. The maximum atomic E-state index is 9.80. The molecule has 0 saturated heterocycles. The molecule has 1 aliphatic carbocycles. The van der Waals surface area contributed by atoms with Crippen LogP contribution in [0, 0.1) is 11.3 Å². The number of rotatable bonds is 4. The van der Waals surface area contributed by atoms with Crippen molar-refractivity contribution in [1.82, 2.24) is 0 Å². The van der Waals surface area contributed by atoms with E-state index in [4.69, 9.17) is 10.5 Å². The van der Waals surface area contributed by atoms with E-state index in [9.17, 15) is 5.11 Å². The van der Waals surface area contributed by atoms with E-state index in [0.29, 0.717) is 17.9 Å². The van der Waals surface area contributed by atoms with E-state index in [2.05, 4.69) is 20.8 Å². The summed E-state index contributed by atoms with van der Waals surface area (Å²) in [6, 6.07) is 0. The van der Waals surface area contributed by atoms with Gasteiger partial charge in [-0.25, -0.2) is 0 Å². The molecule has 0 aromatic heterocycles. The van der Waals surface area contributed by atoms with Crippen molar-refractivity contribution in [3.8, 4) is 0 Å². The Bertz CT molecular complexity index is 226. The Morgan fingerprint density at radius 3 is 2.56 bits per heavy atom. The first-order chi connectivity index (χ1) is 7.24. The van der Waals surface area contributed by atoms with E-state index < -0.39 is 5.60 Å². The van der Waals surface area contributed by atoms with Gasteiger partial charge in [0.1, 0.15) is 0 Å². The van der Waals surface area contributed by atoms with Crippen molar-refractivity contribution in [2.75, 3.05) is 13.2 Å². The molecule has 3 nitrogen and oxygen atoms in total.